The summed E-state index contributed by atoms with van der Waals surface area (Å²) in [6.07, 6.45) is 2.09. The number of carbonyl (C=O) groups excluding carboxylic acids is 4. The second kappa shape index (κ2) is 12.3. The summed E-state index contributed by atoms with van der Waals surface area (Å²) < 4.78 is 2.30. The molecule has 0 bridgehead atoms. The summed E-state index contributed by atoms with van der Waals surface area (Å²) in [6.45, 7) is 3.71. The zero-order valence-electron chi connectivity index (χ0n) is 25.5. The Kier molecular flexibility index (Phi) is 7.90. The number of rotatable bonds is 10. The van der Waals surface area contributed by atoms with Gasteiger partial charge in [0.2, 0.25) is 11.8 Å². The van der Waals surface area contributed by atoms with Crippen LogP contribution in [0.15, 0.2) is 85.1 Å². The lowest BCUT2D eigenvalue weighted by Gasteiger charge is -2.27. The number of nitrogens with one attached hydrogen (secondary N) is 2. The highest BCUT2D eigenvalue weighted by atomic mass is 16.2. The maximum absolute atomic E-state index is 13.1. The van der Waals surface area contributed by atoms with Crippen LogP contribution in [0.25, 0.3) is 21.9 Å². The number of aromatic nitrogens is 2. The van der Waals surface area contributed by atoms with Crippen LogP contribution in [0.2, 0.25) is 0 Å². The first-order valence-corrected chi connectivity index (χ1v) is 15.5. The minimum absolute atomic E-state index is 0.0955. The molecule has 3 aromatic carbocycles. The van der Waals surface area contributed by atoms with Gasteiger partial charge in [0.15, 0.2) is 0 Å². The van der Waals surface area contributed by atoms with Crippen molar-refractivity contribution in [1.82, 2.24) is 30.0 Å². The van der Waals surface area contributed by atoms with E-state index in [1.54, 1.807) is 12.1 Å². The van der Waals surface area contributed by atoms with E-state index in [9.17, 15) is 19.2 Å². The molecule has 2 aliphatic rings. The van der Waals surface area contributed by atoms with Gasteiger partial charge in [0.25, 0.3) is 11.8 Å². The molecule has 1 saturated heterocycles. The Morgan fingerprint density at radius 1 is 0.848 bits per heavy atom. The van der Waals surface area contributed by atoms with Gasteiger partial charge in [-0.15, -0.1) is 0 Å². The van der Waals surface area contributed by atoms with Crippen molar-refractivity contribution in [3.63, 3.8) is 0 Å². The summed E-state index contributed by atoms with van der Waals surface area (Å²) in [4.78, 5) is 57.8. The first kappa shape index (κ1) is 29.5. The summed E-state index contributed by atoms with van der Waals surface area (Å²) in [7, 11) is 2.13. The van der Waals surface area contributed by atoms with Crippen LogP contribution in [-0.2, 0) is 35.8 Å². The number of carbonyl (C=O) groups is 4. The molecule has 0 spiro atoms. The molecule has 2 aliphatic heterocycles. The average molecular weight is 615 g/mol. The highest BCUT2D eigenvalue weighted by molar-refractivity contribution is 6.23. The molecular formula is C36H34N6O4. The summed E-state index contributed by atoms with van der Waals surface area (Å²) in [5.41, 5.74) is 6.02. The molecule has 1 atom stereocenters. The first-order chi connectivity index (χ1) is 22.4. The van der Waals surface area contributed by atoms with E-state index in [4.69, 9.17) is 0 Å². The van der Waals surface area contributed by atoms with Crippen molar-refractivity contribution < 1.29 is 19.2 Å². The maximum Gasteiger partial charge on any atom is 0.262 e. The van der Waals surface area contributed by atoms with Crippen molar-refractivity contribution in [1.29, 1.82) is 0 Å². The lowest BCUT2D eigenvalue weighted by atomic mass is 10.0. The predicted molar refractivity (Wildman–Crippen MR) is 174 cm³/mol. The third-order valence-electron chi connectivity index (χ3n) is 8.87. The van der Waals surface area contributed by atoms with Crippen LogP contribution in [-0.4, -0.2) is 62.6 Å². The van der Waals surface area contributed by atoms with Crippen LogP contribution in [0.1, 0.15) is 50.2 Å². The minimum atomic E-state index is -0.966. The summed E-state index contributed by atoms with van der Waals surface area (Å²) in [5, 5.41) is 8.05. The van der Waals surface area contributed by atoms with E-state index < -0.39 is 29.7 Å². The van der Waals surface area contributed by atoms with Crippen LogP contribution < -0.4 is 10.6 Å². The molecule has 2 aromatic heterocycles. The number of likely N-dealkylation sites (N-methyl/N-ethyl adjacent to an activating group) is 1. The SMILES string of the molecule is CN(CCn1c2ccccc2c2cccnc21)Cc1ccc(CNCc2ccc3c(c2)C(=O)N(C2CCC(=O)NC2=O)C3=O)cc1. The fourth-order valence-electron chi connectivity index (χ4n) is 6.50. The number of imide groups is 2. The molecule has 4 heterocycles. The smallest absolute Gasteiger partial charge is 0.262 e. The molecule has 232 valence electrons. The van der Waals surface area contributed by atoms with E-state index in [1.165, 1.54) is 21.9 Å². The van der Waals surface area contributed by atoms with Crippen LogP contribution in [0.3, 0.4) is 0 Å². The zero-order valence-corrected chi connectivity index (χ0v) is 25.5. The van der Waals surface area contributed by atoms with E-state index in [-0.39, 0.29) is 24.0 Å². The van der Waals surface area contributed by atoms with E-state index in [2.05, 4.69) is 86.7 Å². The van der Waals surface area contributed by atoms with Crippen LogP contribution in [0.4, 0.5) is 0 Å². The van der Waals surface area contributed by atoms with Gasteiger partial charge in [-0.05, 0) is 60.5 Å². The Labute approximate surface area is 266 Å². The Bertz CT molecular complexity index is 1950. The third kappa shape index (κ3) is 5.57. The van der Waals surface area contributed by atoms with Gasteiger partial charge >= 0.3 is 0 Å². The Morgan fingerprint density at radius 2 is 1.57 bits per heavy atom. The predicted octanol–water partition coefficient (Wildman–Crippen LogP) is 4.01. The molecular weight excluding hydrogens is 580 g/mol. The number of para-hydroxylation sites is 1. The number of hydrogen-bond acceptors (Lipinski definition) is 7. The number of nitrogens with zero attached hydrogens (tertiary/aromatic N) is 4. The molecule has 2 N–H and O–H groups in total. The third-order valence-corrected chi connectivity index (χ3v) is 8.87. The molecule has 10 heteroatoms. The summed E-state index contributed by atoms with van der Waals surface area (Å²) in [5.74, 6) is -1.99. The fourth-order valence-corrected chi connectivity index (χ4v) is 6.50. The molecule has 10 nitrogen and oxygen atoms in total. The molecule has 0 radical (unpaired) electrons. The van der Waals surface area contributed by atoms with Crippen LogP contribution in [0, 0.1) is 0 Å². The highest BCUT2D eigenvalue weighted by Gasteiger charge is 2.44. The van der Waals surface area contributed by atoms with E-state index in [0.29, 0.717) is 13.1 Å². The highest BCUT2D eigenvalue weighted by Crippen LogP contribution is 2.29. The molecule has 0 saturated carbocycles. The standard InChI is InChI=1S/C36H34N6O4/c1-40(17-18-41-30-7-3-2-5-26(30)27-6-4-16-38-33(27)41)22-24-10-8-23(9-11-24)20-37-21-25-12-13-28-29(19-25)36(46)42(35(28)45)31-14-15-32(43)39-34(31)44/h2-13,16,19,31,37H,14-15,17-18,20-22H2,1H3,(H,39,43,44). The summed E-state index contributed by atoms with van der Waals surface area (Å²) >= 11 is 0. The van der Waals surface area contributed by atoms with Gasteiger partial charge < -0.3 is 14.8 Å². The topological polar surface area (TPSA) is 117 Å². The molecule has 0 aliphatic carbocycles. The van der Waals surface area contributed by atoms with Gasteiger partial charge in [0.1, 0.15) is 11.7 Å². The van der Waals surface area contributed by atoms with E-state index in [0.717, 1.165) is 41.3 Å². The van der Waals surface area contributed by atoms with Crippen molar-refractivity contribution in [3.05, 3.63) is 113 Å². The van der Waals surface area contributed by atoms with Gasteiger partial charge in [-0.2, -0.15) is 0 Å². The Morgan fingerprint density at radius 3 is 2.39 bits per heavy atom. The average Bonchev–Trinajstić information content (AvgIpc) is 3.51. The quantitative estimate of drug-likeness (QED) is 0.228. The van der Waals surface area contributed by atoms with Gasteiger partial charge in [-0.3, -0.25) is 29.4 Å². The first-order valence-electron chi connectivity index (χ1n) is 15.5. The van der Waals surface area contributed by atoms with Crippen molar-refractivity contribution in [2.75, 3.05) is 13.6 Å². The summed E-state index contributed by atoms with van der Waals surface area (Å²) in [6, 6.07) is 25.3. The lowest BCUT2D eigenvalue weighted by molar-refractivity contribution is -0.136. The second-order valence-electron chi connectivity index (χ2n) is 12.0. The number of fused-ring (bicyclic) bond motifs is 4. The van der Waals surface area contributed by atoms with Crippen molar-refractivity contribution >= 4 is 45.6 Å². The van der Waals surface area contributed by atoms with Gasteiger partial charge in [-0.25, -0.2) is 4.98 Å². The molecule has 1 unspecified atom stereocenters. The minimum Gasteiger partial charge on any atom is -0.324 e. The number of pyridine rings is 1. The molecule has 46 heavy (non-hydrogen) atoms. The molecule has 5 aromatic rings. The largest absolute Gasteiger partial charge is 0.324 e. The van der Waals surface area contributed by atoms with Crippen molar-refractivity contribution in [2.45, 2.75) is 45.1 Å². The molecule has 1 fully saturated rings. The van der Waals surface area contributed by atoms with Gasteiger partial charge in [0, 0.05) is 56.1 Å². The van der Waals surface area contributed by atoms with Crippen LogP contribution >= 0.6 is 0 Å². The maximum atomic E-state index is 13.1. The number of piperidine rings is 1. The number of hydrogen-bond donors (Lipinski definition) is 2. The lowest BCUT2D eigenvalue weighted by Crippen LogP contribution is -2.54. The fraction of sp³-hybridized carbons (Fsp3) is 0.250. The zero-order chi connectivity index (χ0) is 31.8. The molecule has 7 rings (SSSR count). The van der Waals surface area contributed by atoms with E-state index in [1.807, 2.05) is 18.3 Å². The van der Waals surface area contributed by atoms with Crippen molar-refractivity contribution in [2.24, 2.45) is 0 Å². The van der Waals surface area contributed by atoms with Gasteiger partial charge in [-0.1, -0.05) is 48.5 Å². The number of benzene rings is 3. The van der Waals surface area contributed by atoms with Crippen molar-refractivity contribution in [3.8, 4) is 0 Å². The molecule has 4 amide bonds. The Balaban J connectivity index is 0.920. The number of amides is 4. The normalized spacial score (nSPS) is 16.6. The van der Waals surface area contributed by atoms with Gasteiger partial charge in [0.05, 0.1) is 16.6 Å². The Hall–Kier alpha value is -5.19. The second-order valence-corrected chi connectivity index (χ2v) is 12.0. The monoisotopic (exact) mass is 614 g/mol. The van der Waals surface area contributed by atoms with Crippen LogP contribution in [0.5, 0.6) is 0 Å². The van der Waals surface area contributed by atoms with E-state index >= 15 is 0 Å².